The summed E-state index contributed by atoms with van der Waals surface area (Å²) in [6.07, 6.45) is 4.21. The number of carbonyl (C=O) groups is 1. The van der Waals surface area contributed by atoms with Gasteiger partial charge in [-0.1, -0.05) is 17.7 Å². The number of carboxylic acids is 1. The summed E-state index contributed by atoms with van der Waals surface area (Å²) in [5, 5.41) is 10.7. The minimum atomic E-state index is -3.67. The summed E-state index contributed by atoms with van der Waals surface area (Å²) < 4.78 is 35.4. The fraction of sp³-hybridized carbons (Fsp3) is 0.320. The van der Waals surface area contributed by atoms with Gasteiger partial charge < -0.3 is 14.4 Å². The van der Waals surface area contributed by atoms with Crippen LogP contribution >= 0.6 is 11.6 Å². The van der Waals surface area contributed by atoms with E-state index in [0.29, 0.717) is 23.7 Å². The van der Waals surface area contributed by atoms with Crippen LogP contribution in [0.5, 0.6) is 5.75 Å². The number of nitrogens with zero attached hydrogens (tertiary/aromatic N) is 2. The maximum absolute atomic E-state index is 13.3. The first-order chi connectivity index (χ1) is 16.1. The van der Waals surface area contributed by atoms with Gasteiger partial charge in [-0.25, -0.2) is 8.42 Å². The van der Waals surface area contributed by atoms with Crippen molar-refractivity contribution >= 4 is 44.1 Å². The summed E-state index contributed by atoms with van der Waals surface area (Å²) >= 11 is 6.21. The Morgan fingerprint density at radius 3 is 2.59 bits per heavy atom. The van der Waals surface area contributed by atoms with Crippen LogP contribution in [0.1, 0.15) is 31.4 Å². The number of hydrogen-bond acceptors (Lipinski definition) is 4. The van der Waals surface area contributed by atoms with E-state index >= 15 is 0 Å². The van der Waals surface area contributed by atoms with Gasteiger partial charge in [0.15, 0.2) is 0 Å². The number of carboxylic acid groups (broad SMARTS) is 1. The van der Waals surface area contributed by atoms with Gasteiger partial charge in [0.05, 0.1) is 11.0 Å². The van der Waals surface area contributed by atoms with Crippen LogP contribution in [0.15, 0.2) is 53.6 Å². The van der Waals surface area contributed by atoms with Crippen molar-refractivity contribution in [3.8, 4) is 5.75 Å². The predicted octanol–water partition coefficient (Wildman–Crippen LogP) is 4.95. The van der Waals surface area contributed by atoms with Crippen molar-refractivity contribution in [1.29, 1.82) is 0 Å². The summed E-state index contributed by atoms with van der Waals surface area (Å²) in [4.78, 5) is 11.5. The van der Waals surface area contributed by atoms with Crippen molar-refractivity contribution in [2.24, 2.45) is 0 Å². The van der Waals surface area contributed by atoms with Gasteiger partial charge in [0.25, 0.3) is 0 Å². The van der Waals surface area contributed by atoms with Crippen LogP contribution in [0.4, 0.5) is 0 Å². The molecule has 0 bridgehead atoms. The molecule has 0 spiro atoms. The number of aromatic nitrogens is 1. The van der Waals surface area contributed by atoms with Crippen molar-refractivity contribution in [2.75, 3.05) is 13.1 Å². The first kappa shape index (κ1) is 24.3. The van der Waals surface area contributed by atoms with Crippen molar-refractivity contribution in [3.05, 3.63) is 64.8 Å². The summed E-state index contributed by atoms with van der Waals surface area (Å²) in [6.45, 7) is 6.07. The highest BCUT2D eigenvalue weighted by Gasteiger charge is 2.28. The number of halogens is 1. The molecule has 1 aliphatic heterocycles. The highest BCUT2D eigenvalue weighted by molar-refractivity contribution is 7.89. The molecule has 3 aromatic rings. The quantitative estimate of drug-likeness (QED) is 0.493. The zero-order valence-corrected chi connectivity index (χ0v) is 20.9. The number of fused-ring (bicyclic) bond motifs is 1. The predicted molar refractivity (Wildman–Crippen MR) is 133 cm³/mol. The van der Waals surface area contributed by atoms with Crippen molar-refractivity contribution in [1.82, 2.24) is 8.87 Å². The summed E-state index contributed by atoms with van der Waals surface area (Å²) in [6, 6.07) is 10.3. The molecule has 0 saturated carbocycles. The van der Waals surface area contributed by atoms with E-state index in [1.54, 1.807) is 34.9 Å². The molecule has 0 unspecified atom stereocenters. The third-order valence-electron chi connectivity index (χ3n) is 5.81. The van der Waals surface area contributed by atoms with Crippen LogP contribution in [-0.4, -0.2) is 47.6 Å². The van der Waals surface area contributed by atoms with Gasteiger partial charge in [0.1, 0.15) is 12.3 Å². The van der Waals surface area contributed by atoms with Crippen LogP contribution in [0.25, 0.3) is 16.5 Å². The van der Waals surface area contributed by atoms with Gasteiger partial charge in [-0.15, -0.1) is 0 Å². The van der Waals surface area contributed by atoms with Gasteiger partial charge in [0, 0.05) is 40.8 Å². The number of aryl methyl sites for hydroxylation is 1. The van der Waals surface area contributed by atoms with E-state index in [9.17, 15) is 18.3 Å². The largest absolute Gasteiger partial charge is 0.491 e. The first-order valence-electron chi connectivity index (χ1n) is 11.0. The Bertz CT molecular complexity index is 1390. The highest BCUT2D eigenvalue weighted by atomic mass is 35.5. The zero-order valence-electron chi connectivity index (χ0n) is 19.3. The summed E-state index contributed by atoms with van der Waals surface area (Å²) in [5.74, 6) is -0.264. The summed E-state index contributed by atoms with van der Waals surface area (Å²) in [7, 11) is -3.67. The second-order valence-corrected chi connectivity index (χ2v) is 11.0. The second kappa shape index (κ2) is 9.44. The molecule has 0 aliphatic carbocycles. The Hall–Kier alpha value is -2.81. The maximum Gasteiger partial charge on any atom is 0.323 e. The van der Waals surface area contributed by atoms with Crippen molar-refractivity contribution in [2.45, 2.75) is 44.7 Å². The van der Waals surface area contributed by atoms with Gasteiger partial charge in [-0.05, 0) is 74.7 Å². The fourth-order valence-corrected chi connectivity index (χ4v) is 5.87. The highest BCUT2D eigenvalue weighted by Crippen LogP contribution is 2.34. The molecule has 0 radical (unpaired) electrons. The van der Waals surface area contributed by atoms with Crippen LogP contribution in [0.2, 0.25) is 5.02 Å². The Kier molecular flexibility index (Phi) is 6.75. The first-order valence-corrected chi connectivity index (χ1v) is 12.8. The van der Waals surface area contributed by atoms with Gasteiger partial charge in [-0.2, -0.15) is 4.31 Å². The lowest BCUT2D eigenvalue weighted by Gasteiger charge is -2.26. The van der Waals surface area contributed by atoms with E-state index in [2.05, 4.69) is 0 Å². The number of benzene rings is 2. The lowest BCUT2D eigenvalue weighted by atomic mass is 10.00. The molecular weight excluding hydrogens is 476 g/mol. The topological polar surface area (TPSA) is 88.8 Å². The molecule has 9 heteroatoms. The molecule has 7 nitrogen and oxygen atoms in total. The van der Waals surface area contributed by atoms with E-state index in [4.69, 9.17) is 16.3 Å². The molecule has 34 heavy (non-hydrogen) atoms. The Labute approximate surface area is 204 Å². The van der Waals surface area contributed by atoms with E-state index in [-0.39, 0.29) is 24.1 Å². The smallest absolute Gasteiger partial charge is 0.323 e. The van der Waals surface area contributed by atoms with Crippen LogP contribution in [0.3, 0.4) is 0 Å². The molecule has 0 amide bonds. The zero-order chi connectivity index (χ0) is 24.6. The Balaban J connectivity index is 1.61. The molecule has 4 rings (SSSR count). The van der Waals surface area contributed by atoms with Gasteiger partial charge in [0.2, 0.25) is 10.0 Å². The third kappa shape index (κ3) is 4.85. The van der Waals surface area contributed by atoms with Crippen LogP contribution in [0, 0.1) is 6.92 Å². The average Bonchev–Trinajstić information content (AvgIpc) is 3.11. The maximum atomic E-state index is 13.3. The normalized spacial score (nSPS) is 15.0. The van der Waals surface area contributed by atoms with E-state index in [1.165, 1.54) is 4.31 Å². The van der Waals surface area contributed by atoms with Crippen LogP contribution < -0.4 is 4.74 Å². The lowest BCUT2D eigenvalue weighted by Crippen LogP contribution is -2.34. The number of ether oxygens (including phenoxy) is 1. The van der Waals surface area contributed by atoms with Crippen LogP contribution in [-0.2, 0) is 21.4 Å². The minimum Gasteiger partial charge on any atom is -0.491 e. The molecule has 0 atom stereocenters. The fourth-order valence-electron chi connectivity index (χ4n) is 4.23. The molecule has 2 aromatic carbocycles. The monoisotopic (exact) mass is 502 g/mol. The Morgan fingerprint density at radius 2 is 1.97 bits per heavy atom. The molecule has 0 saturated heterocycles. The van der Waals surface area contributed by atoms with E-state index < -0.39 is 16.0 Å². The number of hydrogen-bond donors (Lipinski definition) is 1. The SMILES string of the molecule is Cc1cc(S(=O)(=O)N2CC=C(c3cn(CC(=O)O)c4ccc(Cl)cc34)CC2)ccc1OC(C)C. The molecule has 1 aliphatic rings. The Morgan fingerprint density at radius 1 is 1.21 bits per heavy atom. The molecule has 2 heterocycles. The minimum absolute atomic E-state index is 0.00290. The molecule has 180 valence electrons. The molecular formula is C25H27ClN2O5S. The molecule has 1 N–H and O–H groups in total. The molecule has 0 fully saturated rings. The summed E-state index contributed by atoms with van der Waals surface area (Å²) in [5.41, 5.74) is 3.39. The standard InChI is InChI=1S/C25H27ClN2O5S/c1-16(2)33-24-7-5-20(12-17(24)3)34(31,32)28-10-8-18(9-11-28)22-14-27(15-25(29)30)23-6-4-19(26)13-21(22)23/h4-8,12-14,16H,9-11,15H2,1-3H3,(H,29,30). The third-order valence-corrected chi connectivity index (χ3v) is 7.91. The number of rotatable bonds is 7. The second-order valence-electron chi connectivity index (χ2n) is 8.66. The van der Waals surface area contributed by atoms with Gasteiger partial charge >= 0.3 is 5.97 Å². The van der Waals surface area contributed by atoms with Crippen molar-refractivity contribution < 1.29 is 23.1 Å². The lowest BCUT2D eigenvalue weighted by molar-refractivity contribution is -0.137. The number of aliphatic carboxylic acids is 1. The average molecular weight is 503 g/mol. The van der Waals surface area contributed by atoms with E-state index in [1.807, 2.05) is 39.1 Å². The van der Waals surface area contributed by atoms with Crippen molar-refractivity contribution in [3.63, 3.8) is 0 Å². The van der Waals surface area contributed by atoms with Gasteiger partial charge in [-0.3, -0.25) is 4.79 Å². The van der Waals surface area contributed by atoms with E-state index in [0.717, 1.165) is 27.6 Å². The number of sulfonamides is 1. The molecule has 1 aromatic heterocycles.